The Morgan fingerprint density at radius 3 is 2.71 bits per heavy atom. The van der Waals surface area contributed by atoms with E-state index in [-0.39, 0.29) is 48.9 Å². The summed E-state index contributed by atoms with van der Waals surface area (Å²) in [4.78, 5) is 41.6. The van der Waals surface area contributed by atoms with Crippen LogP contribution in [0.4, 0.5) is 0 Å². The zero-order valence-corrected chi connectivity index (χ0v) is 25.3. The highest BCUT2D eigenvalue weighted by Gasteiger charge is 2.40. The number of morpholine rings is 1. The van der Waals surface area contributed by atoms with E-state index in [0.29, 0.717) is 47.8 Å². The highest BCUT2D eigenvalue weighted by atomic mass is 32.2. The van der Waals surface area contributed by atoms with Gasteiger partial charge in [0.25, 0.3) is 15.9 Å². The number of carbonyl (C=O) groups excluding carboxylic acids is 2. The predicted octanol–water partition coefficient (Wildman–Crippen LogP) is 1.92. The van der Waals surface area contributed by atoms with Gasteiger partial charge in [0.1, 0.15) is 5.03 Å². The lowest BCUT2D eigenvalue weighted by atomic mass is 10.1. The number of rotatable bonds is 5. The zero-order valence-electron chi connectivity index (χ0n) is 23.7. The van der Waals surface area contributed by atoms with Crippen LogP contribution in [-0.4, -0.2) is 115 Å². The molecule has 5 heterocycles. The summed E-state index contributed by atoms with van der Waals surface area (Å²) < 4.78 is 34.4. The maximum Gasteiger partial charge on any atom is 0.283 e. The molecule has 0 spiro atoms. The van der Waals surface area contributed by atoms with Crippen LogP contribution in [0.5, 0.6) is 0 Å². The van der Waals surface area contributed by atoms with E-state index in [1.165, 1.54) is 15.6 Å². The Kier molecular flexibility index (Phi) is 7.84. The summed E-state index contributed by atoms with van der Waals surface area (Å²) in [5.41, 5.74) is 2.26. The fraction of sp³-hybridized carbons (Fsp3) is 0.483. The van der Waals surface area contributed by atoms with E-state index >= 15 is 0 Å². The molecule has 3 aliphatic rings. The smallest absolute Gasteiger partial charge is 0.283 e. The third-order valence-corrected chi connectivity index (χ3v) is 11.6. The molecule has 222 valence electrons. The molecule has 0 bridgehead atoms. The number of likely N-dealkylation sites (N-methyl/N-ethyl adjacent to an activating group) is 1. The van der Waals surface area contributed by atoms with E-state index in [9.17, 15) is 18.0 Å². The molecule has 0 saturated carbocycles. The highest BCUT2D eigenvalue weighted by molar-refractivity contribution is 7.89. The van der Waals surface area contributed by atoms with Gasteiger partial charge in [-0.05, 0) is 38.2 Å². The number of ether oxygens (including phenoxy) is 1. The topological polar surface area (TPSA) is 119 Å². The van der Waals surface area contributed by atoms with Crippen LogP contribution in [0.3, 0.4) is 0 Å². The molecular formula is C29H34N6O5S2. The normalized spacial score (nSPS) is 22.2. The highest BCUT2D eigenvalue weighted by Crippen LogP contribution is 2.34. The number of fused-ring (bicyclic) bond motifs is 2. The number of nitrogens with zero attached hydrogens (tertiary/aromatic N) is 5. The first-order valence-electron chi connectivity index (χ1n) is 14.1. The molecule has 11 nitrogen and oxygen atoms in total. The van der Waals surface area contributed by atoms with E-state index in [2.05, 4.69) is 29.8 Å². The summed E-state index contributed by atoms with van der Waals surface area (Å²) in [6.45, 7) is 5.09. The number of hydrogen-bond donors (Lipinski definition) is 1. The number of amides is 2. The van der Waals surface area contributed by atoms with Crippen molar-refractivity contribution in [3.63, 3.8) is 0 Å². The van der Waals surface area contributed by atoms with E-state index < -0.39 is 16.1 Å². The van der Waals surface area contributed by atoms with Gasteiger partial charge in [-0.1, -0.05) is 5.92 Å². The van der Waals surface area contributed by atoms with Crippen LogP contribution in [0.15, 0.2) is 29.3 Å². The molecule has 1 N–H and O–H groups in total. The van der Waals surface area contributed by atoms with Gasteiger partial charge >= 0.3 is 0 Å². The Bertz CT molecular complexity index is 1670. The van der Waals surface area contributed by atoms with Gasteiger partial charge in [-0.15, -0.1) is 17.8 Å². The second kappa shape index (κ2) is 11.4. The molecule has 2 fully saturated rings. The third kappa shape index (κ3) is 5.33. The molecule has 3 aliphatic heterocycles. The molecule has 1 aromatic carbocycles. The van der Waals surface area contributed by atoms with Crippen molar-refractivity contribution in [1.29, 1.82) is 0 Å². The van der Waals surface area contributed by atoms with Crippen LogP contribution in [0.2, 0.25) is 0 Å². The van der Waals surface area contributed by atoms with Crippen molar-refractivity contribution >= 4 is 44.1 Å². The van der Waals surface area contributed by atoms with Crippen LogP contribution in [0, 0.1) is 12.3 Å². The number of nitrogens with one attached hydrogen (secondary N) is 1. The standard InChI is InChI=1S/C29H34N6O5S2/c1-4-20-5-6-23-21(15-20)16-25(30-23)42(38,39)34-9-10-35(22(18-34)17-26(36)33-11-13-40-14-12-33)29(37)28-31-24-7-8-32(3)19(2)27(24)41-28/h1,5-6,15-16,19,22,30H,7-14,17-18H2,2-3H3. The van der Waals surface area contributed by atoms with Gasteiger partial charge in [0.2, 0.25) is 5.91 Å². The van der Waals surface area contributed by atoms with Gasteiger partial charge in [-0.25, -0.2) is 13.4 Å². The third-order valence-electron chi connectivity index (χ3n) is 8.51. The number of terminal acetylenes is 1. The molecule has 2 aromatic heterocycles. The minimum atomic E-state index is -3.94. The zero-order chi connectivity index (χ0) is 29.6. The van der Waals surface area contributed by atoms with Gasteiger partial charge in [0, 0.05) is 79.5 Å². The average Bonchev–Trinajstić information content (AvgIpc) is 3.64. The Morgan fingerprint density at radius 2 is 1.95 bits per heavy atom. The fourth-order valence-corrected chi connectivity index (χ4v) is 8.53. The number of sulfonamides is 1. The molecule has 6 rings (SSSR count). The first kappa shape index (κ1) is 28.8. The Hall–Kier alpha value is -3.28. The van der Waals surface area contributed by atoms with Gasteiger partial charge in [-0.2, -0.15) is 4.31 Å². The molecule has 0 radical (unpaired) electrons. The van der Waals surface area contributed by atoms with Crippen molar-refractivity contribution in [2.75, 3.05) is 59.5 Å². The molecule has 13 heteroatoms. The SMILES string of the molecule is C#Cc1ccc2[nH]c(S(=O)(=O)N3CCN(C(=O)c4nc5c(s4)C(C)N(C)CC5)C(CC(=O)N4CCOCC4)C3)cc2c1. The number of thiazole rings is 1. The van der Waals surface area contributed by atoms with Crippen LogP contribution < -0.4 is 0 Å². The van der Waals surface area contributed by atoms with Crippen molar-refractivity contribution in [3.05, 3.63) is 45.4 Å². The van der Waals surface area contributed by atoms with Crippen molar-refractivity contribution < 1.29 is 22.7 Å². The van der Waals surface area contributed by atoms with E-state index in [1.54, 1.807) is 34.1 Å². The first-order valence-corrected chi connectivity index (χ1v) is 16.4. The van der Waals surface area contributed by atoms with Crippen LogP contribution in [0.25, 0.3) is 10.9 Å². The predicted molar refractivity (Wildman–Crippen MR) is 159 cm³/mol. The second-order valence-corrected chi connectivity index (χ2v) is 14.0. The van der Waals surface area contributed by atoms with Gasteiger partial charge in [-0.3, -0.25) is 14.5 Å². The molecule has 2 amide bonds. The van der Waals surface area contributed by atoms with E-state index in [4.69, 9.17) is 16.1 Å². The number of hydrogen-bond acceptors (Lipinski definition) is 8. The minimum Gasteiger partial charge on any atom is -0.378 e. The van der Waals surface area contributed by atoms with Crippen molar-refractivity contribution in [3.8, 4) is 12.3 Å². The molecule has 42 heavy (non-hydrogen) atoms. The van der Waals surface area contributed by atoms with E-state index in [0.717, 1.165) is 23.5 Å². The molecule has 2 unspecified atom stereocenters. The molecule has 3 aromatic rings. The van der Waals surface area contributed by atoms with E-state index in [1.807, 2.05) is 0 Å². The van der Waals surface area contributed by atoms with Crippen molar-refractivity contribution in [2.24, 2.45) is 0 Å². The Labute approximate surface area is 249 Å². The lowest BCUT2D eigenvalue weighted by Gasteiger charge is -2.41. The van der Waals surface area contributed by atoms with Gasteiger partial charge in [0.15, 0.2) is 5.01 Å². The molecule has 0 aliphatic carbocycles. The van der Waals surface area contributed by atoms with Crippen LogP contribution in [0.1, 0.15) is 45.3 Å². The quantitative estimate of drug-likeness (QED) is 0.439. The van der Waals surface area contributed by atoms with Crippen LogP contribution in [-0.2, 0) is 26.0 Å². The Balaban J connectivity index is 1.27. The maximum atomic E-state index is 13.9. The summed E-state index contributed by atoms with van der Waals surface area (Å²) in [5, 5.41) is 1.14. The number of benzene rings is 1. The number of aromatic nitrogens is 2. The minimum absolute atomic E-state index is 0.000641. The summed E-state index contributed by atoms with van der Waals surface area (Å²) in [5.74, 6) is 2.19. The van der Waals surface area contributed by atoms with Gasteiger partial charge < -0.3 is 19.5 Å². The average molecular weight is 611 g/mol. The molecule has 2 atom stereocenters. The summed E-state index contributed by atoms with van der Waals surface area (Å²) in [6, 6.07) is 6.38. The van der Waals surface area contributed by atoms with Crippen LogP contribution >= 0.6 is 11.3 Å². The molecular weight excluding hydrogens is 576 g/mol. The summed E-state index contributed by atoms with van der Waals surface area (Å²) in [6.07, 6.45) is 6.31. The number of aromatic amines is 1. The number of carbonyl (C=O) groups is 2. The lowest BCUT2D eigenvalue weighted by Crippen LogP contribution is -2.58. The first-order chi connectivity index (χ1) is 20.2. The van der Waals surface area contributed by atoms with Crippen molar-refractivity contribution in [2.45, 2.75) is 36.9 Å². The maximum absolute atomic E-state index is 13.9. The second-order valence-electron chi connectivity index (χ2n) is 11.0. The largest absolute Gasteiger partial charge is 0.378 e. The lowest BCUT2D eigenvalue weighted by molar-refractivity contribution is -0.136. The molecule has 2 saturated heterocycles. The van der Waals surface area contributed by atoms with Gasteiger partial charge in [0.05, 0.1) is 24.9 Å². The summed E-state index contributed by atoms with van der Waals surface area (Å²) in [7, 11) is -1.88. The van der Waals surface area contributed by atoms with Crippen molar-refractivity contribution in [1.82, 2.24) is 29.0 Å². The fourth-order valence-electron chi connectivity index (χ4n) is 5.86. The number of piperazine rings is 1. The monoisotopic (exact) mass is 610 g/mol. The Morgan fingerprint density at radius 1 is 1.17 bits per heavy atom. The summed E-state index contributed by atoms with van der Waals surface area (Å²) >= 11 is 1.40. The number of H-pyrrole nitrogens is 1.